The van der Waals surface area contributed by atoms with Gasteiger partial charge < -0.3 is 44.8 Å². The highest BCUT2D eigenvalue weighted by molar-refractivity contribution is 7.99. The predicted octanol–water partition coefficient (Wildman–Crippen LogP) is 6.35. The largest absolute Gasteiger partial charge is 0.389 e. The highest BCUT2D eigenvalue weighted by Gasteiger charge is 2.36. The van der Waals surface area contributed by atoms with Crippen LogP contribution in [0.4, 0.5) is 11.4 Å². The fourth-order valence-electron chi connectivity index (χ4n) is 10.0. The zero-order valence-electron chi connectivity index (χ0n) is 45.0. The number of rotatable bonds is 25. The number of nitrogens with one attached hydrogen (secondary N) is 3. The van der Waals surface area contributed by atoms with Gasteiger partial charge in [-0.3, -0.25) is 24.5 Å². The molecule has 2 saturated heterocycles. The Balaban J connectivity index is 0.921. The lowest BCUT2D eigenvalue weighted by molar-refractivity contribution is -0.512. The number of benzene rings is 4. The standard InChI is InChI=1S/C58H71ClN10O8S2/c1-63(2)27-23-46(41-78-50-11-5-4-6-12-50)61-53-22-21-51(38-54(53)69(74)75)79(76,77)62-57(72)43-15-19-47(20-16-43)66-33-35-67(36-34-66)48-10-7-9-44(37-48)55-52(42-13-17-45(59)18-14-42)39-68(28-24-49(71)40-70)56(55)58(73)60-25-8-26-65-31-29-64(3)30-32-65/h4-7,9-22,37-39,46,53-54,61,70H,8,23-36,40-41H2,1-3H3,(H,60,73)(H,62,72)/t46-,53?,54+/m0/s1. The molecule has 1 unspecified atom stereocenters. The van der Waals surface area contributed by atoms with Crippen LogP contribution in [0.25, 0.3) is 22.3 Å². The van der Waals surface area contributed by atoms with E-state index < -0.39 is 39.5 Å². The van der Waals surface area contributed by atoms with Crippen molar-refractivity contribution in [3.63, 3.8) is 0 Å². The van der Waals surface area contributed by atoms with Crippen molar-refractivity contribution >= 4 is 62.4 Å². The zero-order valence-corrected chi connectivity index (χ0v) is 47.4. The van der Waals surface area contributed by atoms with Crippen LogP contribution in [0.15, 0.2) is 137 Å². The molecule has 420 valence electrons. The number of thioether (sulfide) groups is 1. The number of piperazine rings is 2. The molecule has 1 aliphatic carbocycles. The maximum absolute atomic E-state index is 14.5. The number of hydrogen-bond acceptors (Lipinski definition) is 15. The van der Waals surface area contributed by atoms with Crippen LogP contribution < -0.4 is 25.2 Å². The number of Topliss-reactive ketones (excluding diaryl/α,β-unsaturated/α-hetero) is 1. The van der Waals surface area contributed by atoms with Gasteiger partial charge in [-0.1, -0.05) is 60.1 Å². The number of hydrogen-bond donors (Lipinski definition) is 4. The number of aliphatic hydroxyl groups is 1. The molecule has 18 nitrogen and oxygen atoms in total. The number of halogens is 1. The van der Waals surface area contributed by atoms with Crippen molar-refractivity contribution in [3.05, 3.63) is 159 Å². The molecule has 0 radical (unpaired) electrons. The summed E-state index contributed by atoms with van der Waals surface area (Å²) in [6.45, 7) is 8.26. The maximum Gasteiger partial charge on any atom is 0.268 e. The fraction of sp³-hybridized carbons (Fsp3) is 0.397. The molecule has 5 aromatic rings. The van der Waals surface area contributed by atoms with Crippen molar-refractivity contribution in [1.29, 1.82) is 0 Å². The summed E-state index contributed by atoms with van der Waals surface area (Å²) in [6.07, 6.45) is 7.35. The van der Waals surface area contributed by atoms with Gasteiger partial charge in [-0.05, 0) is 125 Å². The number of amides is 2. The Labute approximate surface area is 472 Å². The Morgan fingerprint density at radius 3 is 2.22 bits per heavy atom. The molecule has 79 heavy (non-hydrogen) atoms. The third-order valence-corrected chi connectivity index (χ3v) is 17.3. The lowest BCUT2D eigenvalue weighted by Gasteiger charge is -2.37. The van der Waals surface area contributed by atoms with E-state index in [1.807, 2.05) is 103 Å². The number of aryl methyl sites for hydroxylation is 1. The highest BCUT2D eigenvalue weighted by Crippen LogP contribution is 2.39. The molecule has 8 rings (SSSR count). The van der Waals surface area contributed by atoms with Gasteiger partial charge in [0.25, 0.3) is 27.9 Å². The first-order chi connectivity index (χ1) is 38.0. The fourth-order valence-corrected chi connectivity index (χ4v) is 12.2. The molecule has 0 bridgehead atoms. The molecule has 2 fully saturated rings. The molecule has 3 atom stereocenters. The van der Waals surface area contributed by atoms with E-state index in [1.54, 1.807) is 36.0 Å². The minimum Gasteiger partial charge on any atom is -0.389 e. The van der Waals surface area contributed by atoms with Crippen LogP contribution in [-0.4, -0.2) is 179 Å². The number of sulfonamides is 1. The Morgan fingerprint density at radius 2 is 1.54 bits per heavy atom. The van der Waals surface area contributed by atoms with Gasteiger partial charge >= 0.3 is 0 Å². The van der Waals surface area contributed by atoms with Gasteiger partial charge in [0, 0.05) is 139 Å². The SMILES string of the molecule is CN(C)CC[C@@H](CSc1ccccc1)NC1C=CC(S(=O)(=O)NC(=O)c2ccc(N3CCN(c4cccc(-c5c(-c6ccc(Cl)cc6)cn(CCC(=O)CO)c5C(=O)NCCCN5CCN(C)CC5)c4)CC3)cc2)=C[C@H]1[N+](=O)[O-]. The van der Waals surface area contributed by atoms with E-state index in [2.05, 4.69) is 48.1 Å². The molecule has 0 spiro atoms. The van der Waals surface area contributed by atoms with Crippen LogP contribution in [0.3, 0.4) is 0 Å². The predicted molar refractivity (Wildman–Crippen MR) is 314 cm³/mol. The number of ketones is 1. The summed E-state index contributed by atoms with van der Waals surface area (Å²) in [7, 11) is 1.57. The average Bonchev–Trinajstić information content (AvgIpc) is 4.13. The van der Waals surface area contributed by atoms with E-state index in [4.69, 9.17) is 11.6 Å². The van der Waals surface area contributed by atoms with Crippen molar-refractivity contribution < 1.29 is 32.8 Å². The van der Waals surface area contributed by atoms with Gasteiger partial charge in [-0.2, -0.15) is 0 Å². The van der Waals surface area contributed by atoms with Gasteiger partial charge in [0.15, 0.2) is 5.78 Å². The van der Waals surface area contributed by atoms with Gasteiger partial charge in [0.05, 0.1) is 10.9 Å². The summed E-state index contributed by atoms with van der Waals surface area (Å²) in [5.74, 6) is -0.794. The number of carbonyl (C=O) groups excluding carboxylic acids is 3. The number of anilines is 2. The second kappa shape index (κ2) is 27.7. The number of nitro groups is 1. The van der Waals surface area contributed by atoms with Crippen molar-refractivity contribution in [1.82, 2.24) is 34.6 Å². The molecule has 2 amide bonds. The molecule has 3 heterocycles. The Kier molecular flexibility index (Phi) is 20.6. The van der Waals surface area contributed by atoms with E-state index in [9.17, 15) is 38.0 Å². The molecule has 4 N–H and O–H groups in total. The average molecular weight is 1140 g/mol. The Hall–Kier alpha value is -6.36. The molecule has 21 heteroatoms. The second-order valence-electron chi connectivity index (χ2n) is 20.5. The quantitative estimate of drug-likeness (QED) is 0.0218. The third kappa shape index (κ3) is 15.9. The summed E-state index contributed by atoms with van der Waals surface area (Å²) < 4.78 is 31.2. The Bertz CT molecular complexity index is 3070. The van der Waals surface area contributed by atoms with Crippen molar-refractivity contribution in [2.24, 2.45) is 0 Å². The lowest BCUT2D eigenvalue weighted by atomic mass is 9.95. The maximum atomic E-state index is 14.5. The summed E-state index contributed by atoms with van der Waals surface area (Å²) in [4.78, 5) is 64.2. The van der Waals surface area contributed by atoms with Gasteiger partial charge in [-0.15, -0.1) is 11.8 Å². The van der Waals surface area contributed by atoms with Gasteiger partial charge in [0.2, 0.25) is 0 Å². The minimum absolute atomic E-state index is 0.0500. The molecule has 1 aromatic heterocycles. The summed E-state index contributed by atoms with van der Waals surface area (Å²) in [5, 5.41) is 29.2. The third-order valence-electron chi connectivity index (χ3n) is 14.6. The number of allylic oxidation sites excluding steroid dienone is 1. The van der Waals surface area contributed by atoms with Gasteiger partial charge in [0.1, 0.15) is 12.3 Å². The zero-order chi connectivity index (χ0) is 56.1. The Morgan fingerprint density at radius 1 is 0.848 bits per heavy atom. The van der Waals surface area contributed by atoms with Crippen LogP contribution in [0.5, 0.6) is 0 Å². The van der Waals surface area contributed by atoms with Crippen molar-refractivity contribution in [2.75, 3.05) is 115 Å². The van der Waals surface area contributed by atoms with Crippen molar-refractivity contribution in [3.8, 4) is 22.3 Å². The monoisotopic (exact) mass is 1130 g/mol. The number of likely N-dealkylation sites (N-methyl/N-ethyl adjacent to an activating group) is 1. The number of nitrogens with zero attached hydrogens (tertiary/aromatic N) is 7. The highest BCUT2D eigenvalue weighted by atomic mass is 35.5. The van der Waals surface area contributed by atoms with Crippen LogP contribution >= 0.6 is 23.4 Å². The van der Waals surface area contributed by atoms with Crippen LogP contribution in [0.2, 0.25) is 5.02 Å². The summed E-state index contributed by atoms with van der Waals surface area (Å²) in [6, 6.07) is 29.8. The van der Waals surface area contributed by atoms with E-state index in [0.29, 0.717) is 55.6 Å². The van der Waals surface area contributed by atoms with Gasteiger partial charge in [-0.25, -0.2) is 13.1 Å². The van der Waals surface area contributed by atoms with E-state index in [1.165, 1.54) is 12.2 Å². The van der Waals surface area contributed by atoms with E-state index in [-0.39, 0.29) is 41.2 Å². The summed E-state index contributed by atoms with van der Waals surface area (Å²) in [5.41, 5.74) is 5.52. The first-order valence-electron chi connectivity index (χ1n) is 26.8. The van der Waals surface area contributed by atoms with Crippen LogP contribution in [-0.2, 0) is 21.4 Å². The summed E-state index contributed by atoms with van der Waals surface area (Å²) >= 11 is 7.99. The normalized spacial score (nSPS) is 17.6. The first kappa shape index (κ1) is 58.8. The molecular formula is C58H71ClN10O8S2. The molecule has 0 saturated carbocycles. The second-order valence-corrected chi connectivity index (χ2v) is 23.7. The number of aromatic nitrogens is 1. The smallest absolute Gasteiger partial charge is 0.268 e. The number of carbonyl (C=O) groups is 3. The van der Waals surface area contributed by atoms with Crippen molar-refractivity contribution in [2.45, 2.75) is 48.8 Å². The molecular weight excluding hydrogens is 1060 g/mol. The van der Waals surface area contributed by atoms with E-state index >= 15 is 0 Å². The topological polar surface area (TPSA) is 206 Å². The molecule has 4 aromatic carbocycles. The van der Waals surface area contributed by atoms with E-state index in [0.717, 1.165) is 90.3 Å². The first-order valence-corrected chi connectivity index (χ1v) is 29.6. The number of aliphatic hydroxyl groups excluding tert-OH is 1. The van der Waals surface area contributed by atoms with Crippen LogP contribution in [0.1, 0.15) is 40.1 Å². The van der Waals surface area contributed by atoms with Crippen LogP contribution in [0, 0.1) is 10.1 Å². The lowest BCUT2D eigenvalue weighted by Crippen LogP contribution is -2.49. The minimum atomic E-state index is -4.47. The molecule has 3 aliphatic rings. The molecule has 2 aliphatic heterocycles.